The smallest absolute Gasteiger partial charge is 0.250 e. The lowest BCUT2D eigenvalue weighted by Crippen LogP contribution is -2.44. The molecule has 34 heavy (non-hydrogen) atoms. The second kappa shape index (κ2) is 15.1. The normalized spacial score (nSPS) is 14.6. The number of hydrogen-bond acceptors (Lipinski definition) is 4. The van der Waals surface area contributed by atoms with E-state index in [0.717, 1.165) is 38.5 Å². The molecule has 1 unspecified atom stereocenters. The third-order valence-corrected chi connectivity index (χ3v) is 5.87. The molecule has 0 heterocycles. The molecule has 7 heteroatoms. The van der Waals surface area contributed by atoms with Gasteiger partial charge in [-0.15, -0.1) is 0 Å². The summed E-state index contributed by atoms with van der Waals surface area (Å²) < 4.78 is 0. The molecular weight excluding hydrogens is 469 g/mol. The summed E-state index contributed by atoms with van der Waals surface area (Å²) >= 11 is 12.3. The average molecular weight is 509 g/mol. The Morgan fingerprint density at radius 2 is 1.85 bits per heavy atom. The molecule has 0 saturated carbocycles. The molecule has 1 amide bonds. The van der Waals surface area contributed by atoms with Crippen LogP contribution in [0.2, 0.25) is 10.0 Å². The second-order valence-electron chi connectivity index (χ2n) is 8.98. The van der Waals surface area contributed by atoms with Gasteiger partial charge < -0.3 is 5.32 Å². The van der Waals surface area contributed by atoms with Gasteiger partial charge in [-0.1, -0.05) is 62.2 Å². The van der Waals surface area contributed by atoms with E-state index in [-0.39, 0.29) is 5.91 Å². The van der Waals surface area contributed by atoms with Crippen LogP contribution in [0.5, 0.6) is 0 Å². The predicted octanol–water partition coefficient (Wildman–Crippen LogP) is 6.48. The van der Waals surface area contributed by atoms with E-state index in [4.69, 9.17) is 28.2 Å². The van der Waals surface area contributed by atoms with Gasteiger partial charge in [0.05, 0.1) is 0 Å². The third kappa shape index (κ3) is 10.1. The van der Waals surface area contributed by atoms with Crippen molar-refractivity contribution in [1.82, 2.24) is 10.2 Å². The minimum Gasteiger partial charge on any atom is -0.352 e. The third-order valence-electron chi connectivity index (χ3n) is 5.43. The average Bonchev–Trinajstić information content (AvgIpc) is 2.75. The molecule has 1 aromatic rings. The van der Waals surface area contributed by atoms with Crippen LogP contribution in [-0.4, -0.2) is 48.6 Å². The molecule has 0 aliphatic rings. The summed E-state index contributed by atoms with van der Waals surface area (Å²) in [7, 11) is 2.03. The summed E-state index contributed by atoms with van der Waals surface area (Å²) in [5, 5.41) is 3.77. The number of halogens is 2. The number of aldehydes is 1. The van der Waals surface area contributed by atoms with E-state index in [1.54, 1.807) is 18.2 Å². The largest absolute Gasteiger partial charge is 0.352 e. The first-order chi connectivity index (χ1) is 16.1. The van der Waals surface area contributed by atoms with Crippen molar-refractivity contribution in [3.05, 3.63) is 57.6 Å². The number of carbonyl (C=O) groups is 2. The number of rotatable bonds is 14. The Kier molecular flexibility index (Phi) is 13.4. The Morgan fingerprint density at radius 3 is 2.38 bits per heavy atom. The van der Waals surface area contributed by atoms with Crippen LogP contribution in [0.25, 0.3) is 0 Å². The lowest BCUT2D eigenvalue weighted by molar-refractivity contribution is -0.117. The fourth-order valence-corrected chi connectivity index (χ4v) is 4.32. The van der Waals surface area contributed by atoms with Gasteiger partial charge in [-0.05, 0) is 70.7 Å². The first-order valence-corrected chi connectivity index (χ1v) is 12.7. The van der Waals surface area contributed by atoms with Crippen molar-refractivity contribution in [2.75, 3.05) is 20.1 Å². The van der Waals surface area contributed by atoms with Gasteiger partial charge in [0.1, 0.15) is 11.4 Å². The van der Waals surface area contributed by atoms with Gasteiger partial charge in [-0.2, -0.15) is 0 Å². The highest BCUT2D eigenvalue weighted by Crippen LogP contribution is 2.27. The van der Waals surface area contributed by atoms with Crippen LogP contribution in [0.4, 0.5) is 0 Å². The van der Waals surface area contributed by atoms with E-state index >= 15 is 0 Å². The number of hydrogen-bond donors (Lipinski definition) is 1. The van der Waals surface area contributed by atoms with Gasteiger partial charge in [0.25, 0.3) is 5.91 Å². The molecule has 0 aliphatic heterocycles. The summed E-state index contributed by atoms with van der Waals surface area (Å²) in [5.74, 6) is 0.338. The summed E-state index contributed by atoms with van der Waals surface area (Å²) in [5.41, 5.74) is 1.06. The molecule has 1 aromatic carbocycles. The van der Waals surface area contributed by atoms with Crippen LogP contribution in [0.15, 0.2) is 47.0 Å². The lowest BCUT2D eigenvalue weighted by atomic mass is 9.97. The second-order valence-corrected chi connectivity index (χ2v) is 9.85. The quantitative estimate of drug-likeness (QED) is 0.103. The zero-order valence-corrected chi connectivity index (χ0v) is 22.8. The standard InChI is InChI=1S/C27H39Cl2N3O2/c1-7-12-21(26(34)30-8-2)13-10-9-11-14-32(6)27(5,18-20(3)4)31-25(19-33)22-15-23(28)17-24(29)16-22/h10,12-13,15-17,19-20H,7-9,11,14,18H2,1-6H3,(H,30,34)/b13-10-,21-12+,31-25+. The molecule has 0 aromatic heterocycles. The Balaban J connectivity index is 2.98. The van der Waals surface area contributed by atoms with E-state index in [2.05, 4.69) is 31.0 Å². The van der Waals surface area contributed by atoms with Crippen molar-refractivity contribution in [3.8, 4) is 0 Å². The maximum atomic E-state index is 12.1. The Hall–Kier alpha value is -1.95. The molecule has 1 N–H and O–H groups in total. The van der Waals surface area contributed by atoms with Crippen LogP contribution in [0.1, 0.15) is 65.9 Å². The molecule has 0 fully saturated rings. The number of aliphatic imine (C=N–C) groups is 1. The molecule has 5 nitrogen and oxygen atoms in total. The van der Waals surface area contributed by atoms with Gasteiger partial charge in [0.2, 0.25) is 0 Å². The van der Waals surface area contributed by atoms with Crippen LogP contribution >= 0.6 is 23.2 Å². The monoisotopic (exact) mass is 507 g/mol. The van der Waals surface area contributed by atoms with Crippen molar-refractivity contribution in [2.24, 2.45) is 10.9 Å². The zero-order valence-electron chi connectivity index (χ0n) is 21.3. The van der Waals surface area contributed by atoms with E-state index in [0.29, 0.717) is 39.4 Å². The Morgan fingerprint density at radius 1 is 1.21 bits per heavy atom. The van der Waals surface area contributed by atoms with Gasteiger partial charge in [-0.25, -0.2) is 0 Å². The van der Waals surface area contributed by atoms with E-state index in [9.17, 15) is 9.59 Å². The van der Waals surface area contributed by atoms with Crippen molar-refractivity contribution >= 4 is 41.1 Å². The number of amides is 1. The molecule has 0 spiro atoms. The molecule has 0 radical (unpaired) electrons. The highest BCUT2D eigenvalue weighted by molar-refractivity contribution is 6.39. The molecule has 0 saturated heterocycles. The molecular formula is C27H39Cl2N3O2. The number of nitrogens with zero attached hydrogens (tertiary/aromatic N) is 2. The van der Waals surface area contributed by atoms with E-state index in [1.165, 1.54) is 0 Å². The van der Waals surface area contributed by atoms with Crippen molar-refractivity contribution in [3.63, 3.8) is 0 Å². The van der Waals surface area contributed by atoms with Crippen LogP contribution in [-0.2, 0) is 9.59 Å². The zero-order chi connectivity index (χ0) is 25.7. The van der Waals surface area contributed by atoms with Gasteiger partial charge in [0.15, 0.2) is 6.29 Å². The summed E-state index contributed by atoms with van der Waals surface area (Å²) in [4.78, 5) is 31.2. The molecule has 0 bridgehead atoms. The van der Waals surface area contributed by atoms with Crippen molar-refractivity contribution < 1.29 is 9.59 Å². The fraction of sp³-hybridized carbons (Fsp3) is 0.519. The number of carbonyl (C=O) groups excluding carboxylic acids is 2. The highest BCUT2D eigenvalue weighted by Gasteiger charge is 2.30. The van der Waals surface area contributed by atoms with Gasteiger partial charge in [-0.3, -0.25) is 19.5 Å². The number of benzene rings is 1. The van der Waals surface area contributed by atoms with Crippen LogP contribution in [0, 0.1) is 5.92 Å². The van der Waals surface area contributed by atoms with Crippen molar-refractivity contribution in [2.45, 2.75) is 66.0 Å². The van der Waals surface area contributed by atoms with Gasteiger partial charge in [0, 0.05) is 34.3 Å². The Bertz CT molecular complexity index is 889. The first kappa shape index (κ1) is 30.1. The predicted molar refractivity (Wildman–Crippen MR) is 145 cm³/mol. The van der Waals surface area contributed by atoms with Crippen LogP contribution < -0.4 is 5.32 Å². The summed E-state index contributed by atoms with van der Waals surface area (Å²) in [6.07, 6.45) is 9.95. The minimum atomic E-state index is -0.572. The number of nitrogens with one attached hydrogen (secondary N) is 1. The number of allylic oxidation sites excluding steroid dienone is 2. The molecule has 1 rings (SSSR count). The minimum absolute atomic E-state index is 0.0425. The maximum Gasteiger partial charge on any atom is 0.250 e. The SMILES string of the molecule is CC/C=C(\C=C/CCCN(C)C(C)(CC(C)C)/N=C(\C=O)c1cc(Cl)cc(Cl)c1)C(=O)NCC. The fourth-order valence-electron chi connectivity index (χ4n) is 3.80. The number of unbranched alkanes of at least 4 members (excludes halogenated alkanes) is 1. The Labute approximate surface area is 215 Å². The molecule has 0 aliphatic carbocycles. The van der Waals surface area contributed by atoms with Gasteiger partial charge >= 0.3 is 0 Å². The number of likely N-dealkylation sites (N-methyl/N-ethyl adjacent to an activating group) is 1. The lowest BCUT2D eigenvalue weighted by Gasteiger charge is -2.37. The highest BCUT2D eigenvalue weighted by atomic mass is 35.5. The summed E-state index contributed by atoms with van der Waals surface area (Å²) in [6, 6.07) is 5.05. The molecule has 1 atom stereocenters. The first-order valence-electron chi connectivity index (χ1n) is 11.9. The van der Waals surface area contributed by atoms with E-state index in [1.807, 2.05) is 39.1 Å². The summed E-state index contributed by atoms with van der Waals surface area (Å²) in [6.45, 7) is 11.7. The van der Waals surface area contributed by atoms with Crippen LogP contribution in [0.3, 0.4) is 0 Å². The topological polar surface area (TPSA) is 61.8 Å². The maximum absolute atomic E-state index is 12.1. The van der Waals surface area contributed by atoms with Crippen molar-refractivity contribution in [1.29, 1.82) is 0 Å². The molecule has 188 valence electrons. The van der Waals surface area contributed by atoms with E-state index < -0.39 is 5.66 Å².